The van der Waals surface area contributed by atoms with Crippen molar-refractivity contribution >= 4 is 16.9 Å². The van der Waals surface area contributed by atoms with Gasteiger partial charge in [0.25, 0.3) is 0 Å². The molecule has 1 amide bonds. The molecule has 1 aliphatic heterocycles. The fourth-order valence-electron chi connectivity index (χ4n) is 5.24. The van der Waals surface area contributed by atoms with Crippen molar-refractivity contribution in [1.82, 2.24) is 19.8 Å². The minimum atomic E-state index is -0.0367. The van der Waals surface area contributed by atoms with Gasteiger partial charge < -0.3 is 14.8 Å². The van der Waals surface area contributed by atoms with Crippen molar-refractivity contribution < 1.29 is 4.79 Å². The molecule has 35 heavy (non-hydrogen) atoms. The number of fused-ring (bicyclic) bond motifs is 1. The van der Waals surface area contributed by atoms with E-state index in [0.29, 0.717) is 13.0 Å². The van der Waals surface area contributed by atoms with E-state index in [9.17, 15) is 4.79 Å². The van der Waals surface area contributed by atoms with E-state index in [-0.39, 0.29) is 11.8 Å². The maximum atomic E-state index is 13.1. The summed E-state index contributed by atoms with van der Waals surface area (Å²) in [6.45, 7) is 6.79. The van der Waals surface area contributed by atoms with Crippen molar-refractivity contribution in [2.75, 3.05) is 26.2 Å². The normalized spacial score (nSPS) is 14.9. The lowest BCUT2D eigenvalue weighted by Gasteiger charge is -2.19. The number of hydrogen-bond acceptors (Lipinski definition) is 3. The van der Waals surface area contributed by atoms with E-state index in [1.807, 2.05) is 18.3 Å². The first-order valence-electron chi connectivity index (χ1n) is 12.7. The lowest BCUT2D eigenvalue weighted by molar-refractivity contribution is -0.121. The fraction of sp³-hybridized carbons (Fsp3) is 0.333. The highest BCUT2D eigenvalue weighted by Crippen LogP contribution is 2.34. The maximum absolute atomic E-state index is 13.1. The molecular formula is C30H34N4O. The number of carbonyl (C=O) groups excluding carboxylic acids is 1. The summed E-state index contributed by atoms with van der Waals surface area (Å²) in [5, 5.41) is 4.30. The number of aryl methyl sites for hydroxylation is 1. The van der Waals surface area contributed by atoms with Crippen molar-refractivity contribution in [3.63, 3.8) is 0 Å². The Morgan fingerprint density at radius 2 is 1.86 bits per heavy atom. The minimum absolute atomic E-state index is 0.0367. The smallest absolute Gasteiger partial charge is 0.220 e. The molecule has 0 radical (unpaired) electrons. The van der Waals surface area contributed by atoms with Gasteiger partial charge in [0.2, 0.25) is 5.91 Å². The van der Waals surface area contributed by atoms with Gasteiger partial charge in [-0.2, -0.15) is 0 Å². The number of amides is 1. The van der Waals surface area contributed by atoms with Crippen LogP contribution in [0, 0.1) is 6.92 Å². The van der Waals surface area contributed by atoms with Gasteiger partial charge in [0.05, 0.1) is 0 Å². The van der Waals surface area contributed by atoms with Gasteiger partial charge in [-0.1, -0.05) is 60.2 Å². The molecule has 180 valence electrons. The summed E-state index contributed by atoms with van der Waals surface area (Å²) in [5.74, 6) is 0.0639. The van der Waals surface area contributed by atoms with Gasteiger partial charge in [-0.25, -0.2) is 4.98 Å². The van der Waals surface area contributed by atoms with Gasteiger partial charge in [0, 0.05) is 49.8 Å². The number of rotatable bonds is 9. The summed E-state index contributed by atoms with van der Waals surface area (Å²) in [7, 11) is 0. The third-order valence-electron chi connectivity index (χ3n) is 7.02. The van der Waals surface area contributed by atoms with E-state index in [1.54, 1.807) is 0 Å². The standard InChI is InChI=1S/C30H34N4O/c1-23-9-7-12-25(19-23)27(20-29(35)31-15-18-33-16-5-6-17-33)28-22-34(21-24-10-3-2-4-11-24)30-26(28)13-8-14-32-30/h2-4,7-14,19,22,27H,5-6,15-18,20-21H2,1H3,(H,31,35). The quantitative estimate of drug-likeness (QED) is 0.372. The van der Waals surface area contributed by atoms with Crippen LogP contribution in [-0.2, 0) is 11.3 Å². The molecule has 4 aromatic rings. The molecule has 1 saturated heterocycles. The predicted octanol–water partition coefficient (Wildman–Crippen LogP) is 5.13. The number of nitrogens with one attached hydrogen (secondary N) is 1. The van der Waals surface area contributed by atoms with Crippen molar-refractivity contribution in [1.29, 1.82) is 0 Å². The van der Waals surface area contributed by atoms with Crippen LogP contribution in [0.3, 0.4) is 0 Å². The Balaban J connectivity index is 1.44. The number of nitrogens with zero attached hydrogens (tertiary/aromatic N) is 3. The molecule has 1 unspecified atom stereocenters. The highest BCUT2D eigenvalue weighted by molar-refractivity contribution is 5.84. The van der Waals surface area contributed by atoms with Gasteiger partial charge in [0.1, 0.15) is 5.65 Å². The number of likely N-dealkylation sites (tertiary alicyclic amines) is 1. The predicted molar refractivity (Wildman–Crippen MR) is 142 cm³/mol. The summed E-state index contributed by atoms with van der Waals surface area (Å²) in [4.78, 5) is 20.3. The minimum Gasteiger partial charge on any atom is -0.355 e. The average Bonchev–Trinajstić information content (AvgIpc) is 3.52. The molecule has 0 bridgehead atoms. The fourth-order valence-corrected chi connectivity index (χ4v) is 5.24. The van der Waals surface area contributed by atoms with Crippen LogP contribution < -0.4 is 5.32 Å². The van der Waals surface area contributed by atoms with Crippen molar-refractivity contribution in [3.8, 4) is 0 Å². The van der Waals surface area contributed by atoms with Crippen LogP contribution in [0.4, 0.5) is 0 Å². The van der Waals surface area contributed by atoms with Gasteiger partial charge in [-0.3, -0.25) is 4.79 Å². The second-order valence-corrected chi connectivity index (χ2v) is 9.64. The molecule has 2 aromatic carbocycles. The number of carbonyl (C=O) groups is 1. The largest absolute Gasteiger partial charge is 0.355 e. The Morgan fingerprint density at radius 3 is 2.66 bits per heavy atom. The lowest BCUT2D eigenvalue weighted by Crippen LogP contribution is -2.34. The number of hydrogen-bond donors (Lipinski definition) is 1. The highest BCUT2D eigenvalue weighted by Gasteiger charge is 2.23. The van der Waals surface area contributed by atoms with Crippen LogP contribution in [0.15, 0.2) is 79.1 Å². The van der Waals surface area contributed by atoms with Gasteiger partial charge >= 0.3 is 0 Å². The van der Waals surface area contributed by atoms with Gasteiger partial charge in [-0.05, 0) is 61.7 Å². The van der Waals surface area contributed by atoms with E-state index in [0.717, 1.165) is 42.8 Å². The van der Waals surface area contributed by atoms with Crippen molar-refractivity contribution in [2.24, 2.45) is 0 Å². The topological polar surface area (TPSA) is 50.2 Å². The Bertz CT molecular complexity index is 1270. The third-order valence-corrected chi connectivity index (χ3v) is 7.02. The molecule has 5 rings (SSSR count). The molecular weight excluding hydrogens is 432 g/mol. The van der Waals surface area contributed by atoms with E-state index in [1.165, 1.54) is 29.5 Å². The van der Waals surface area contributed by atoms with Crippen LogP contribution in [0.1, 0.15) is 47.4 Å². The average molecular weight is 467 g/mol. The molecule has 1 N–H and O–H groups in total. The molecule has 0 saturated carbocycles. The maximum Gasteiger partial charge on any atom is 0.220 e. The SMILES string of the molecule is Cc1cccc(C(CC(=O)NCCN2CCCC2)c2cn(Cc3ccccc3)c3ncccc23)c1. The Morgan fingerprint density at radius 1 is 1.03 bits per heavy atom. The molecule has 0 spiro atoms. The number of pyridine rings is 1. The summed E-state index contributed by atoms with van der Waals surface area (Å²) >= 11 is 0. The monoisotopic (exact) mass is 466 g/mol. The molecule has 2 aromatic heterocycles. The Hall–Kier alpha value is -3.44. The van der Waals surface area contributed by atoms with E-state index in [2.05, 4.69) is 82.5 Å². The number of benzene rings is 2. The molecule has 5 nitrogen and oxygen atoms in total. The summed E-state index contributed by atoms with van der Waals surface area (Å²) in [5.41, 5.74) is 5.71. The van der Waals surface area contributed by atoms with Crippen molar-refractivity contribution in [2.45, 2.75) is 38.6 Å². The molecule has 1 atom stereocenters. The van der Waals surface area contributed by atoms with E-state index < -0.39 is 0 Å². The second-order valence-electron chi connectivity index (χ2n) is 9.64. The van der Waals surface area contributed by atoms with Crippen LogP contribution in [0.5, 0.6) is 0 Å². The van der Waals surface area contributed by atoms with Crippen LogP contribution in [-0.4, -0.2) is 46.5 Å². The molecule has 1 aliphatic rings. The van der Waals surface area contributed by atoms with Gasteiger partial charge in [0.15, 0.2) is 0 Å². The highest BCUT2D eigenvalue weighted by atomic mass is 16.1. The van der Waals surface area contributed by atoms with Crippen LogP contribution >= 0.6 is 0 Å². The first-order chi connectivity index (χ1) is 17.2. The van der Waals surface area contributed by atoms with Gasteiger partial charge in [-0.15, -0.1) is 0 Å². The molecule has 5 heteroatoms. The molecule has 3 heterocycles. The zero-order valence-electron chi connectivity index (χ0n) is 20.5. The van der Waals surface area contributed by atoms with E-state index >= 15 is 0 Å². The second kappa shape index (κ2) is 10.9. The molecule has 1 fully saturated rings. The Labute approximate surface area is 207 Å². The Kier molecular flexibility index (Phi) is 7.24. The molecule has 0 aliphatic carbocycles. The summed E-state index contributed by atoms with van der Waals surface area (Å²) < 4.78 is 2.22. The first-order valence-corrected chi connectivity index (χ1v) is 12.7. The lowest BCUT2D eigenvalue weighted by atomic mass is 9.87. The zero-order chi connectivity index (χ0) is 24.0. The van der Waals surface area contributed by atoms with Crippen molar-refractivity contribution in [3.05, 3.63) is 101 Å². The third kappa shape index (κ3) is 5.63. The van der Waals surface area contributed by atoms with Crippen LogP contribution in [0.2, 0.25) is 0 Å². The number of aromatic nitrogens is 2. The summed E-state index contributed by atoms with van der Waals surface area (Å²) in [6.07, 6.45) is 7.01. The first kappa shape index (κ1) is 23.3. The summed E-state index contributed by atoms with van der Waals surface area (Å²) in [6, 6.07) is 23.1. The van der Waals surface area contributed by atoms with Crippen LogP contribution in [0.25, 0.3) is 11.0 Å². The van der Waals surface area contributed by atoms with E-state index in [4.69, 9.17) is 4.98 Å². The zero-order valence-corrected chi connectivity index (χ0v) is 20.5.